The summed E-state index contributed by atoms with van der Waals surface area (Å²) in [6, 6.07) is 19.1. The molecule has 0 saturated heterocycles. The zero-order valence-electron chi connectivity index (χ0n) is 17.1. The normalized spacial score (nSPS) is 11.0. The van der Waals surface area contributed by atoms with Gasteiger partial charge in [-0.25, -0.2) is 4.98 Å². The number of carbonyl (C=O) groups excluding carboxylic acids is 1. The molecule has 0 unspecified atom stereocenters. The van der Waals surface area contributed by atoms with Crippen LogP contribution >= 0.6 is 23.2 Å². The standard InChI is InChI=1S/C24H13Cl2N3O5/c25-15-5-7-21-19(12-15)28-24(34-21)14-4-6-17(26)18(11-14)27-23(30)22-9-8-20(33-22)13-2-1-3-16(10-13)29(31)32/h1-12H,(H,27,30). The summed E-state index contributed by atoms with van der Waals surface area (Å²) in [4.78, 5) is 27.7. The summed E-state index contributed by atoms with van der Waals surface area (Å²) in [5, 5.41) is 14.6. The highest BCUT2D eigenvalue weighted by atomic mass is 35.5. The van der Waals surface area contributed by atoms with Crippen LogP contribution in [-0.4, -0.2) is 15.8 Å². The van der Waals surface area contributed by atoms with Gasteiger partial charge in [0.05, 0.1) is 15.6 Å². The number of nitrogens with zero attached hydrogens (tertiary/aromatic N) is 2. The summed E-state index contributed by atoms with van der Waals surface area (Å²) in [6.07, 6.45) is 0. The number of halogens is 2. The molecule has 0 bridgehead atoms. The number of rotatable bonds is 5. The number of oxazole rings is 1. The van der Waals surface area contributed by atoms with Crippen molar-refractivity contribution in [1.29, 1.82) is 0 Å². The van der Waals surface area contributed by atoms with E-state index in [9.17, 15) is 14.9 Å². The number of hydrogen-bond acceptors (Lipinski definition) is 6. The highest BCUT2D eigenvalue weighted by Crippen LogP contribution is 2.32. The van der Waals surface area contributed by atoms with Gasteiger partial charge in [0, 0.05) is 28.3 Å². The monoisotopic (exact) mass is 493 g/mol. The third-order valence-corrected chi connectivity index (χ3v) is 5.55. The van der Waals surface area contributed by atoms with Gasteiger partial charge in [-0.15, -0.1) is 0 Å². The third-order valence-electron chi connectivity index (χ3n) is 4.98. The third kappa shape index (κ3) is 4.24. The predicted octanol–water partition coefficient (Wildman–Crippen LogP) is 7.22. The average Bonchev–Trinajstić information content (AvgIpc) is 3.48. The first-order chi connectivity index (χ1) is 16.4. The fourth-order valence-electron chi connectivity index (χ4n) is 3.35. The molecule has 168 valence electrons. The lowest BCUT2D eigenvalue weighted by atomic mass is 10.1. The molecule has 0 aliphatic heterocycles. The van der Waals surface area contributed by atoms with Crippen LogP contribution in [0.1, 0.15) is 10.6 Å². The van der Waals surface area contributed by atoms with Gasteiger partial charge in [-0.3, -0.25) is 14.9 Å². The maximum absolute atomic E-state index is 12.8. The van der Waals surface area contributed by atoms with Crippen LogP contribution in [0.25, 0.3) is 33.9 Å². The smallest absolute Gasteiger partial charge is 0.291 e. The topological polar surface area (TPSA) is 111 Å². The summed E-state index contributed by atoms with van der Waals surface area (Å²) in [6.45, 7) is 0. The number of nitro groups is 1. The second kappa shape index (κ2) is 8.66. The number of nitrogens with one attached hydrogen (secondary N) is 1. The van der Waals surface area contributed by atoms with E-state index in [1.807, 2.05) is 0 Å². The molecular weight excluding hydrogens is 481 g/mol. The minimum Gasteiger partial charge on any atom is -0.451 e. The highest BCUT2D eigenvalue weighted by molar-refractivity contribution is 6.34. The fourth-order valence-corrected chi connectivity index (χ4v) is 3.68. The zero-order valence-corrected chi connectivity index (χ0v) is 18.6. The van der Waals surface area contributed by atoms with E-state index in [0.717, 1.165) is 0 Å². The van der Waals surface area contributed by atoms with Crippen LogP contribution < -0.4 is 5.32 Å². The average molecular weight is 494 g/mol. The van der Waals surface area contributed by atoms with Gasteiger partial charge in [0.2, 0.25) is 5.89 Å². The van der Waals surface area contributed by atoms with Crippen molar-refractivity contribution in [3.8, 4) is 22.8 Å². The van der Waals surface area contributed by atoms with E-state index in [0.29, 0.717) is 49.6 Å². The molecule has 1 amide bonds. The number of carbonyl (C=O) groups is 1. The molecule has 0 atom stereocenters. The molecule has 34 heavy (non-hydrogen) atoms. The van der Waals surface area contributed by atoms with Gasteiger partial charge in [-0.2, -0.15) is 0 Å². The minimum atomic E-state index is -0.542. The Morgan fingerprint density at radius 2 is 1.79 bits per heavy atom. The van der Waals surface area contributed by atoms with Crippen molar-refractivity contribution in [2.45, 2.75) is 0 Å². The number of amides is 1. The van der Waals surface area contributed by atoms with Crippen LogP contribution in [0.15, 0.2) is 81.6 Å². The van der Waals surface area contributed by atoms with Gasteiger partial charge in [0.1, 0.15) is 11.3 Å². The van der Waals surface area contributed by atoms with Gasteiger partial charge in [0.25, 0.3) is 11.6 Å². The molecule has 0 spiro atoms. The van der Waals surface area contributed by atoms with E-state index in [4.69, 9.17) is 32.0 Å². The largest absolute Gasteiger partial charge is 0.451 e. The number of fused-ring (bicyclic) bond motifs is 1. The quantitative estimate of drug-likeness (QED) is 0.204. The Bertz CT molecular complexity index is 1570. The fraction of sp³-hybridized carbons (Fsp3) is 0. The van der Waals surface area contributed by atoms with Crippen LogP contribution in [0.3, 0.4) is 0 Å². The molecule has 0 fully saturated rings. The predicted molar refractivity (Wildman–Crippen MR) is 128 cm³/mol. The molecule has 1 N–H and O–H groups in total. The lowest BCUT2D eigenvalue weighted by Crippen LogP contribution is -2.11. The van der Waals surface area contributed by atoms with Crippen LogP contribution in [0.4, 0.5) is 11.4 Å². The SMILES string of the molecule is O=C(Nc1cc(-c2nc3cc(Cl)ccc3o2)ccc1Cl)c1ccc(-c2cccc([N+](=O)[O-])c2)o1. The summed E-state index contributed by atoms with van der Waals surface area (Å²) in [5.41, 5.74) is 2.51. The van der Waals surface area contributed by atoms with E-state index in [1.165, 1.54) is 18.2 Å². The summed E-state index contributed by atoms with van der Waals surface area (Å²) in [7, 11) is 0. The number of hydrogen-bond donors (Lipinski definition) is 1. The molecule has 0 aliphatic carbocycles. The molecule has 8 nitrogen and oxygen atoms in total. The van der Waals surface area contributed by atoms with Gasteiger partial charge in [-0.05, 0) is 48.5 Å². The number of benzene rings is 3. The number of furan rings is 1. The molecule has 2 aromatic heterocycles. The Morgan fingerprint density at radius 3 is 2.62 bits per heavy atom. The lowest BCUT2D eigenvalue weighted by Gasteiger charge is -2.07. The molecule has 5 aromatic rings. The molecular formula is C24H13Cl2N3O5. The van der Waals surface area contributed by atoms with Crippen molar-refractivity contribution in [1.82, 2.24) is 4.98 Å². The van der Waals surface area contributed by atoms with Crippen molar-refractivity contribution in [2.24, 2.45) is 0 Å². The molecule has 10 heteroatoms. The first-order valence-electron chi connectivity index (χ1n) is 9.89. The van der Waals surface area contributed by atoms with E-state index in [1.54, 1.807) is 54.6 Å². The Hall–Kier alpha value is -4.14. The molecule has 3 aromatic carbocycles. The van der Waals surface area contributed by atoms with E-state index in [2.05, 4.69) is 10.3 Å². The molecule has 0 aliphatic rings. The Kier molecular flexibility index (Phi) is 5.53. The highest BCUT2D eigenvalue weighted by Gasteiger charge is 2.17. The van der Waals surface area contributed by atoms with E-state index < -0.39 is 10.8 Å². The van der Waals surface area contributed by atoms with Crippen molar-refractivity contribution in [2.75, 3.05) is 5.32 Å². The van der Waals surface area contributed by atoms with Crippen LogP contribution in [0.2, 0.25) is 10.0 Å². The molecule has 0 saturated carbocycles. The minimum absolute atomic E-state index is 0.0134. The number of nitro benzene ring substituents is 1. The summed E-state index contributed by atoms with van der Waals surface area (Å²) >= 11 is 12.3. The van der Waals surface area contributed by atoms with Gasteiger partial charge >= 0.3 is 0 Å². The van der Waals surface area contributed by atoms with Crippen molar-refractivity contribution < 1.29 is 18.6 Å². The van der Waals surface area contributed by atoms with E-state index in [-0.39, 0.29) is 11.4 Å². The number of aromatic nitrogens is 1. The Labute approximate surface area is 201 Å². The lowest BCUT2D eigenvalue weighted by molar-refractivity contribution is -0.384. The molecule has 2 heterocycles. The Morgan fingerprint density at radius 1 is 0.941 bits per heavy atom. The first kappa shape index (κ1) is 21.7. The first-order valence-corrected chi connectivity index (χ1v) is 10.6. The maximum Gasteiger partial charge on any atom is 0.291 e. The van der Waals surface area contributed by atoms with Crippen LogP contribution in [-0.2, 0) is 0 Å². The number of anilines is 1. The van der Waals surface area contributed by atoms with Crippen LogP contribution in [0, 0.1) is 10.1 Å². The second-order valence-electron chi connectivity index (χ2n) is 7.25. The second-order valence-corrected chi connectivity index (χ2v) is 8.09. The van der Waals surface area contributed by atoms with Crippen molar-refractivity contribution >= 4 is 51.6 Å². The van der Waals surface area contributed by atoms with Gasteiger partial charge in [0.15, 0.2) is 11.3 Å². The summed E-state index contributed by atoms with van der Waals surface area (Å²) < 4.78 is 11.4. The van der Waals surface area contributed by atoms with Gasteiger partial charge < -0.3 is 14.2 Å². The number of non-ortho nitro benzene ring substituents is 1. The zero-order chi connectivity index (χ0) is 23.8. The molecule has 5 rings (SSSR count). The van der Waals surface area contributed by atoms with Crippen LogP contribution in [0.5, 0.6) is 0 Å². The van der Waals surface area contributed by atoms with E-state index >= 15 is 0 Å². The van der Waals surface area contributed by atoms with Gasteiger partial charge in [-0.1, -0.05) is 35.3 Å². The maximum atomic E-state index is 12.8. The molecule has 0 radical (unpaired) electrons. The van der Waals surface area contributed by atoms with Crippen molar-refractivity contribution in [3.63, 3.8) is 0 Å². The van der Waals surface area contributed by atoms with Crippen molar-refractivity contribution in [3.05, 3.63) is 98.7 Å². The Balaban J connectivity index is 1.40. The summed E-state index contributed by atoms with van der Waals surface area (Å²) in [5.74, 6) is 0.133.